The van der Waals surface area contributed by atoms with Gasteiger partial charge in [-0.15, -0.1) is 0 Å². The lowest BCUT2D eigenvalue weighted by molar-refractivity contribution is -0.139. The van der Waals surface area contributed by atoms with Gasteiger partial charge < -0.3 is 9.47 Å². The predicted molar refractivity (Wildman–Crippen MR) is 89.5 cm³/mol. The Morgan fingerprint density at radius 2 is 1.68 bits per heavy atom. The van der Waals surface area contributed by atoms with E-state index in [1.807, 2.05) is 0 Å². The number of carbonyl (C=O) groups excluding carboxylic acids is 3. The summed E-state index contributed by atoms with van der Waals surface area (Å²) in [5.74, 6) is -0.367. The van der Waals surface area contributed by atoms with Crippen LogP contribution in [0.15, 0.2) is 48.5 Å². The van der Waals surface area contributed by atoms with Crippen molar-refractivity contribution in [1.82, 2.24) is 4.90 Å². The minimum Gasteiger partial charge on any atom is -0.492 e. The second-order valence-corrected chi connectivity index (χ2v) is 5.56. The monoisotopic (exact) mass is 339 g/mol. The molecule has 6 nitrogen and oxygen atoms in total. The van der Waals surface area contributed by atoms with Gasteiger partial charge in [-0.2, -0.15) is 0 Å². The van der Waals surface area contributed by atoms with E-state index in [2.05, 4.69) is 4.74 Å². The highest BCUT2D eigenvalue weighted by atomic mass is 16.5. The maximum Gasteiger partial charge on any atom is 0.309 e. The van der Waals surface area contributed by atoms with E-state index >= 15 is 0 Å². The van der Waals surface area contributed by atoms with Crippen LogP contribution in [0.1, 0.15) is 26.3 Å². The van der Waals surface area contributed by atoms with Crippen molar-refractivity contribution in [1.29, 1.82) is 0 Å². The second-order valence-electron chi connectivity index (χ2n) is 5.56. The molecule has 2 amide bonds. The van der Waals surface area contributed by atoms with Crippen LogP contribution in [0.2, 0.25) is 0 Å². The van der Waals surface area contributed by atoms with Crippen molar-refractivity contribution in [2.75, 3.05) is 20.3 Å². The number of hydrogen-bond donors (Lipinski definition) is 0. The highest BCUT2D eigenvalue weighted by Gasteiger charge is 2.34. The summed E-state index contributed by atoms with van der Waals surface area (Å²) < 4.78 is 10.3. The molecule has 1 aliphatic heterocycles. The number of ether oxygens (including phenoxy) is 2. The van der Waals surface area contributed by atoms with Crippen LogP contribution in [0.5, 0.6) is 5.75 Å². The van der Waals surface area contributed by atoms with Crippen LogP contribution < -0.4 is 4.74 Å². The van der Waals surface area contributed by atoms with Crippen molar-refractivity contribution >= 4 is 17.8 Å². The number of methoxy groups -OCH3 is 1. The topological polar surface area (TPSA) is 72.9 Å². The number of carbonyl (C=O) groups is 3. The molecular weight excluding hydrogens is 322 g/mol. The van der Waals surface area contributed by atoms with Crippen molar-refractivity contribution in [3.63, 3.8) is 0 Å². The minimum absolute atomic E-state index is 0.159. The third kappa shape index (κ3) is 3.52. The van der Waals surface area contributed by atoms with E-state index in [-0.39, 0.29) is 37.4 Å². The molecule has 2 aromatic rings. The van der Waals surface area contributed by atoms with Gasteiger partial charge in [0.2, 0.25) is 0 Å². The summed E-state index contributed by atoms with van der Waals surface area (Å²) in [5.41, 5.74) is 1.62. The molecule has 3 rings (SSSR count). The zero-order valence-electron chi connectivity index (χ0n) is 13.7. The molecule has 0 aromatic heterocycles. The van der Waals surface area contributed by atoms with Crippen LogP contribution in [-0.4, -0.2) is 42.9 Å². The average molecular weight is 339 g/mol. The number of fused-ring (bicyclic) bond motifs is 1. The molecular formula is C19H17NO5. The summed E-state index contributed by atoms with van der Waals surface area (Å²) >= 11 is 0. The van der Waals surface area contributed by atoms with Crippen molar-refractivity contribution in [2.45, 2.75) is 6.42 Å². The molecule has 0 saturated heterocycles. The Bertz CT molecular complexity index is 795. The molecule has 25 heavy (non-hydrogen) atoms. The average Bonchev–Trinajstić information content (AvgIpc) is 2.87. The molecule has 1 heterocycles. The van der Waals surface area contributed by atoms with Crippen LogP contribution in [0, 0.1) is 0 Å². The van der Waals surface area contributed by atoms with Gasteiger partial charge in [0.15, 0.2) is 0 Å². The summed E-state index contributed by atoms with van der Waals surface area (Å²) in [6, 6.07) is 13.8. The predicted octanol–water partition coefficient (Wildman–Crippen LogP) is 2.08. The number of esters is 1. The number of amides is 2. The molecule has 0 bridgehead atoms. The van der Waals surface area contributed by atoms with Gasteiger partial charge in [0, 0.05) is 0 Å². The zero-order chi connectivity index (χ0) is 17.8. The first-order valence-electron chi connectivity index (χ1n) is 7.84. The quantitative estimate of drug-likeness (QED) is 0.595. The van der Waals surface area contributed by atoms with E-state index in [9.17, 15) is 14.4 Å². The van der Waals surface area contributed by atoms with E-state index in [0.29, 0.717) is 16.9 Å². The van der Waals surface area contributed by atoms with Gasteiger partial charge in [0.1, 0.15) is 12.4 Å². The van der Waals surface area contributed by atoms with Gasteiger partial charge in [-0.05, 0) is 29.8 Å². The smallest absolute Gasteiger partial charge is 0.309 e. The molecule has 6 heteroatoms. The Labute approximate surface area is 145 Å². The molecule has 0 N–H and O–H groups in total. The molecule has 0 spiro atoms. The lowest BCUT2D eigenvalue weighted by atomic mass is 10.1. The van der Waals surface area contributed by atoms with Gasteiger partial charge in [0.05, 0.1) is 31.2 Å². The molecule has 2 aromatic carbocycles. The number of imide groups is 1. The fourth-order valence-corrected chi connectivity index (χ4v) is 2.68. The standard InChI is InChI=1S/C19H17NO5/c1-24-17(21)12-13-5-4-6-14(11-13)25-10-9-20-18(22)15-7-2-3-8-16(15)19(20)23/h2-8,11H,9-10,12H2,1H3. The first kappa shape index (κ1) is 16.7. The summed E-state index contributed by atoms with van der Waals surface area (Å²) in [5, 5.41) is 0. The Hall–Kier alpha value is -3.15. The zero-order valence-corrected chi connectivity index (χ0v) is 13.7. The highest BCUT2D eigenvalue weighted by molar-refractivity contribution is 6.21. The van der Waals surface area contributed by atoms with E-state index in [1.54, 1.807) is 48.5 Å². The molecule has 128 valence electrons. The number of rotatable bonds is 6. The first-order valence-corrected chi connectivity index (χ1v) is 7.84. The largest absolute Gasteiger partial charge is 0.492 e. The molecule has 1 aliphatic rings. The summed E-state index contributed by atoms with van der Waals surface area (Å²) in [4.78, 5) is 37.0. The molecule has 0 radical (unpaired) electrons. The van der Waals surface area contributed by atoms with E-state index in [0.717, 1.165) is 5.56 Å². The maximum absolute atomic E-state index is 12.3. The second kappa shape index (κ2) is 7.17. The Balaban J connectivity index is 1.59. The number of benzene rings is 2. The van der Waals surface area contributed by atoms with Crippen LogP contribution in [0.3, 0.4) is 0 Å². The normalized spacial score (nSPS) is 12.9. The van der Waals surface area contributed by atoms with Crippen LogP contribution in [0.25, 0.3) is 0 Å². The van der Waals surface area contributed by atoms with Gasteiger partial charge in [-0.3, -0.25) is 19.3 Å². The Morgan fingerprint density at radius 1 is 1.00 bits per heavy atom. The fraction of sp³-hybridized carbons (Fsp3) is 0.211. The van der Waals surface area contributed by atoms with Crippen molar-refractivity contribution in [3.8, 4) is 5.75 Å². The molecule has 0 fully saturated rings. The van der Waals surface area contributed by atoms with E-state index in [4.69, 9.17) is 4.74 Å². The summed E-state index contributed by atoms with van der Waals surface area (Å²) in [6.07, 6.45) is 0.159. The maximum atomic E-state index is 12.3. The molecule has 0 atom stereocenters. The lowest BCUT2D eigenvalue weighted by Crippen LogP contribution is -2.33. The summed E-state index contributed by atoms with van der Waals surface area (Å²) in [6.45, 7) is 0.334. The van der Waals surface area contributed by atoms with Crippen molar-refractivity contribution in [2.24, 2.45) is 0 Å². The van der Waals surface area contributed by atoms with Crippen LogP contribution >= 0.6 is 0 Å². The molecule has 0 aliphatic carbocycles. The van der Waals surface area contributed by atoms with Crippen molar-refractivity contribution in [3.05, 3.63) is 65.2 Å². The van der Waals surface area contributed by atoms with E-state index in [1.165, 1.54) is 12.0 Å². The Morgan fingerprint density at radius 3 is 2.32 bits per heavy atom. The minimum atomic E-state index is -0.330. The molecule has 0 saturated carbocycles. The van der Waals surface area contributed by atoms with Gasteiger partial charge in [0.25, 0.3) is 11.8 Å². The van der Waals surface area contributed by atoms with Gasteiger partial charge >= 0.3 is 5.97 Å². The third-order valence-corrected chi connectivity index (χ3v) is 3.94. The molecule has 0 unspecified atom stereocenters. The number of hydrogen-bond acceptors (Lipinski definition) is 5. The third-order valence-electron chi connectivity index (χ3n) is 3.94. The first-order chi connectivity index (χ1) is 12.1. The van der Waals surface area contributed by atoms with Gasteiger partial charge in [-0.25, -0.2) is 0 Å². The summed E-state index contributed by atoms with van der Waals surface area (Å²) in [7, 11) is 1.34. The highest BCUT2D eigenvalue weighted by Crippen LogP contribution is 2.22. The van der Waals surface area contributed by atoms with E-state index < -0.39 is 0 Å². The van der Waals surface area contributed by atoms with Crippen LogP contribution in [-0.2, 0) is 16.0 Å². The van der Waals surface area contributed by atoms with Crippen molar-refractivity contribution < 1.29 is 23.9 Å². The van der Waals surface area contributed by atoms with Crippen LogP contribution in [0.4, 0.5) is 0 Å². The fourth-order valence-electron chi connectivity index (χ4n) is 2.68. The lowest BCUT2D eigenvalue weighted by Gasteiger charge is -2.14. The van der Waals surface area contributed by atoms with Gasteiger partial charge in [-0.1, -0.05) is 24.3 Å². The Kier molecular flexibility index (Phi) is 4.79. The SMILES string of the molecule is COC(=O)Cc1cccc(OCCN2C(=O)c3ccccc3C2=O)c1. The number of nitrogens with zero attached hydrogens (tertiary/aromatic N) is 1.